The molecule has 10 heteroatoms. The first-order chi connectivity index (χ1) is 14.8. The lowest BCUT2D eigenvalue weighted by atomic mass is 10.1. The monoisotopic (exact) mass is 436 g/mol. The zero-order chi connectivity index (χ0) is 22.2. The maximum atomic E-state index is 13.3. The molecule has 31 heavy (non-hydrogen) atoms. The molecule has 0 N–H and O–H groups in total. The van der Waals surface area contributed by atoms with Gasteiger partial charge in [-0.15, -0.1) is 0 Å². The average Bonchev–Trinajstić information content (AvgIpc) is 2.77. The standard InChI is InChI=1S/C21H17F5N4O/c22-17(23)18-27-16-8-4-2-6-14(16)19(28-18)29-9-11-30(12-10-29)20(31)13-5-1-3-7-15(13)21(24,25)26/h1-8,17H,9-12H2. The Labute approximate surface area is 174 Å². The second-order valence-corrected chi connectivity index (χ2v) is 7.05. The van der Waals surface area contributed by atoms with E-state index >= 15 is 0 Å². The molecule has 5 nitrogen and oxygen atoms in total. The van der Waals surface area contributed by atoms with E-state index in [9.17, 15) is 26.7 Å². The Morgan fingerprint density at radius 1 is 0.903 bits per heavy atom. The van der Waals surface area contributed by atoms with Crippen LogP contribution in [-0.2, 0) is 6.18 Å². The van der Waals surface area contributed by atoms with Crippen LogP contribution < -0.4 is 4.90 Å². The quantitative estimate of drug-likeness (QED) is 0.566. The van der Waals surface area contributed by atoms with Crippen LogP contribution in [0.1, 0.15) is 28.2 Å². The number of carbonyl (C=O) groups is 1. The fourth-order valence-electron chi connectivity index (χ4n) is 3.62. The molecule has 0 spiro atoms. The third-order valence-corrected chi connectivity index (χ3v) is 5.12. The molecule has 1 amide bonds. The molecule has 1 aliphatic heterocycles. The van der Waals surface area contributed by atoms with Gasteiger partial charge >= 0.3 is 6.18 Å². The summed E-state index contributed by atoms with van der Waals surface area (Å²) in [6, 6.07) is 11.4. The molecule has 3 aromatic rings. The van der Waals surface area contributed by atoms with Crippen molar-refractivity contribution in [2.24, 2.45) is 0 Å². The van der Waals surface area contributed by atoms with Gasteiger partial charge in [0.05, 0.1) is 16.6 Å². The number of nitrogens with zero attached hydrogens (tertiary/aromatic N) is 4. The third kappa shape index (κ3) is 4.14. The number of rotatable bonds is 3. The van der Waals surface area contributed by atoms with Gasteiger partial charge in [0.25, 0.3) is 12.3 Å². The number of anilines is 1. The molecular formula is C21H17F5N4O. The van der Waals surface area contributed by atoms with Gasteiger partial charge in [-0.2, -0.15) is 13.2 Å². The molecule has 0 unspecified atom stereocenters. The average molecular weight is 436 g/mol. The predicted molar refractivity (Wildman–Crippen MR) is 104 cm³/mol. The predicted octanol–water partition coefficient (Wildman–Crippen LogP) is 4.55. The van der Waals surface area contributed by atoms with Crippen LogP contribution in [0.4, 0.5) is 27.8 Å². The zero-order valence-corrected chi connectivity index (χ0v) is 16.1. The smallest absolute Gasteiger partial charge is 0.352 e. The zero-order valence-electron chi connectivity index (χ0n) is 16.1. The van der Waals surface area contributed by atoms with Gasteiger partial charge in [0, 0.05) is 31.6 Å². The van der Waals surface area contributed by atoms with Crippen LogP contribution in [0.2, 0.25) is 0 Å². The number of fused-ring (bicyclic) bond motifs is 1. The van der Waals surface area contributed by atoms with Crippen molar-refractivity contribution in [1.82, 2.24) is 14.9 Å². The number of piperazine rings is 1. The molecule has 0 radical (unpaired) electrons. The van der Waals surface area contributed by atoms with Crippen LogP contribution in [0.25, 0.3) is 10.9 Å². The van der Waals surface area contributed by atoms with Gasteiger partial charge in [0.2, 0.25) is 0 Å². The summed E-state index contributed by atoms with van der Waals surface area (Å²) >= 11 is 0. The van der Waals surface area contributed by atoms with Crippen LogP contribution in [-0.4, -0.2) is 47.0 Å². The van der Waals surface area contributed by atoms with Crippen molar-refractivity contribution in [2.75, 3.05) is 31.1 Å². The van der Waals surface area contributed by atoms with Crippen LogP contribution >= 0.6 is 0 Å². The Morgan fingerprint density at radius 2 is 1.55 bits per heavy atom. The van der Waals surface area contributed by atoms with Gasteiger partial charge in [0.15, 0.2) is 5.82 Å². The number of alkyl halides is 5. The number of amides is 1. The fraction of sp³-hybridized carbons (Fsp3) is 0.286. The number of hydrogen-bond donors (Lipinski definition) is 0. The van der Waals surface area contributed by atoms with E-state index < -0.39 is 35.5 Å². The van der Waals surface area contributed by atoms with E-state index in [1.165, 1.54) is 17.0 Å². The minimum atomic E-state index is -4.64. The van der Waals surface area contributed by atoms with E-state index in [1.54, 1.807) is 29.2 Å². The number of hydrogen-bond acceptors (Lipinski definition) is 4. The highest BCUT2D eigenvalue weighted by Crippen LogP contribution is 2.33. The van der Waals surface area contributed by atoms with Crippen LogP contribution in [0.3, 0.4) is 0 Å². The summed E-state index contributed by atoms with van der Waals surface area (Å²) in [6.45, 7) is 0.744. The highest BCUT2D eigenvalue weighted by molar-refractivity contribution is 5.96. The van der Waals surface area contributed by atoms with Crippen LogP contribution in [0, 0.1) is 0 Å². The van der Waals surface area contributed by atoms with Crippen molar-refractivity contribution < 1.29 is 26.7 Å². The van der Waals surface area contributed by atoms with E-state index in [0.717, 1.165) is 12.1 Å². The Kier molecular flexibility index (Phi) is 5.47. The van der Waals surface area contributed by atoms with Gasteiger partial charge < -0.3 is 9.80 Å². The van der Waals surface area contributed by atoms with Crippen molar-refractivity contribution in [2.45, 2.75) is 12.6 Å². The van der Waals surface area contributed by atoms with Crippen molar-refractivity contribution >= 4 is 22.6 Å². The third-order valence-electron chi connectivity index (χ3n) is 5.12. The summed E-state index contributed by atoms with van der Waals surface area (Å²) in [5.41, 5.74) is -1.01. The van der Waals surface area contributed by atoms with Gasteiger partial charge in [-0.1, -0.05) is 24.3 Å². The summed E-state index contributed by atoms with van der Waals surface area (Å²) in [6.07, 6.45) is -7.48. The number of halogens is 5. The molecule has 0 saturated carbocycles. The lowest BCUT2D eigenvalue weighted by Gasteiger charge is -2.36. The van der Waals surface area contributed by atoms with E-state index in [4.69, 9.17) is 0 Å². The first-order valence-electron chi connectivity index (χ1n) is 9.51. The Bertz CT molecular complexity index is 1110. The summed E-state index contributed by atoms with van der Waals surface area (Å²) in [7, 11) is 0. The second-order valence-electron chi connectivity index (χ2n) is 7.05. The molecule has 1 saturated heterocycles. The molecule has 2 aromatic carbocycles. The van der Waals surface area contributed by atoms with Gasteiger partial charge in [-0.3, -0.25) is 4.79 Å². The number of carbonyl (C=O) groups excluding carboxylic acids is 1. The number of benzene rings is 2. The highest BCUT2D eigenvalue weighted by atomic mass is 19.4. The maximum Gasteiger partial charge on any atom is 0.417 e. The van der Waals surface area contributed by atoms with E-state index in [0.29, 0.717) is 16.7 Å². The van der Waals surface area contributed by atoms with Gasteiger partial charge in [0.1, 0.15) is 5.82 Å². The van der Waals surface area contributed by atoms with Crippen molar-refractivity contribution in [3.8, 4) is 0 Å². The maximum absolute atomic E-state index is 13.3. The topological polar surface area (TPSA) is 49.3 Å². The molecule has 162 valence electrons. The first-order valence-corrected chi connectivity index (χ1v) is 9.51. The summed E-state index contributed by atoms with van der Waals surface area (Å²) in [5.74, 6) is -0.983. The summed E-state index contributed by atoms with van der Waals surface area (Å²) in [4.78, 5) is 23.7. The van der Waals surface area contributed by atoms with Crippen molar-refractivity contribution in [1.29, 1.82) is 0 Å². The first kappa shape index (κ1) is 21.0. The molecule has 0 bridgehead atoms. The molecule has 2 heterocycles. The minimum absolute atomic E-state index is 0.132. The molecule has 1 fully saturated rings. The molecule has 1 aromatic heterocycles. The second kappa shape index (κ2) is 8.09. The highest BCUT2D eigenvalue weighted by Gasteiger charge is 2.36. The minimum Gasteiger partial charge on any atom is -0.352 e. The summed E-state index contributed by atoms with van der Waals surface area (Å²) < 4.78 is 66.3. The normalized spacial score (nSPS) is 15.0. The molecule has 1 aliphatic rings. The van der Waals surface area contributed by atoms with Crippen LogP contribution in [0.15, 0.2) is 48.5 Å². The molecule has 4 rings (SSSR count). The number of para-hydroxylation sites is 1. The van der Waals surface area contributed by atoms with Crippen LogP contribution in [0.5, 0.6) is 0 Å². The van der Waals surface area contributed by atoms with Gasteiger partial charge in [-0.05, 0) is 24.3 Å². The summed E-state index contributed by atoms with van der Waals surface area (Å²) in [5, 5.41) is 0.592. The lowest BCUT2D eigenvalue weighted by molar-refractivity contribution is -0.138. The molecular weight excluding hydrogens is 419 g/mol. The van der Waals surface area contributed by atoms with E-state index in [1.807, 2.05) is 0 Å². The van der Waals surface area contributed by atoms with Gasteiger partial charge in [-0.25, -0.2) is 18.7 Å². The van der Waals surface area contributed by atoms with Crippen molar-refractivity contribution in [3.05, 3.63) is 65.5 Å². The SMILES string of the molecule is O=C(c1ccccc1C(F)(F)F)N1CCN(c2nc(C(F)F)nc3ccccc23)CC1. The lowest BCUT2D eigenvalue weighted by Crippen LogP contribution is -2.49. The molecule has 0 atom stereocenters. The number of aromatic nitrogens is 2. The Morgan fingerprint density at radius 3 is 2.23 bits per heavy atom. The van der Waals surface area contributed by atoms with Crippen molar-refractivity contribution in [3.63, 3.8) is 0 Å². The Balaban J connectivity index is 1.57. The fourth-order valence-corrected chi connectivity index (χ4v) is 3.62. The Hall–Kier alpha value is -3.30. The molecule has 0 aliphatic carbocycles. The largest absolute Gasteiger partial charge is 0.417 e. The van der Waals surface area contributed by atoms with E-state index in [-0.39, 0.29) is 26.2 Å². The van der Waals surface area contributed by atoms with E-state index in [2.05, 4.69) is 9.97 Å².